The third-order valence-electron chi connectivity index (χ3n) is 4.04. The maximum absolute atomic E-state index is 13.4. The topological polar surface area (TPSA) is 75.7 Å². The number of hydrogen-bond acceptors (Lipinski definition) is 4. The smallest absolute Gasteiger partial charge is 0.232 e. The van der Waals surface area contributed by atoms with Gasteiger partial charge in [0.1, 0.15) is 18.2 Å². The summed E-state index contributed by atoms with van der Waals surface area (Å²) >= 11 is 0. The summed E-state index contributed by atoms with van der Waals surface area (Å²) in [5.74, 6) is 0.0641. The largest absolute Gasteiger partial charge is 0.491 e. The first-order valence-electron chi connectivity index (χ1n) is 8.96. The molecule has 2 aromatic rings. The lowest BCUT2D eigenvalue weighted by molar-refractivity contribution is -0.121. The van der Waals surface area contributed by atoms with Crippen molar-refractivity contribution in [2.75, 3.05) is 30.3 Å². The van der Waals surface area contributed by atoms with Gasteiger partial charge in [0.05, 0.1) is 18.5 Å². The molecule has 1 N–H and O–H groups in total. The minimum absolute atomic E-state index is 0.0927. The Labute approximate surface area is 165 Å². The fourth-order valence-electron chi connectivity index (χ4n) is 2.66. The molecule has 0 aromatic heterocycles. The van der Waals surface area contributed by atoms with E-state index in [9.17, 15) is 17.6 Å². The highest BCUT2D eigenvalue weighted by Gasteiger charge is 2.18. The number of aryl methyl sites for hydroxylation is 1. The van der Waals surface area contributed by atoms with Gasteiger partial charge in [-0.2, -0.15) is 0 Å². The van der Waals surface area contributed by atoms with Crippen molar-refractivity contribution in [2.24, 2.45) is 0 Å². The van der Waals surface area contributed by atoms with E-state index in [0.29, 0.717) is 19.6 Å². The van der Waals surface area contributed by atoms with Crippen molar-refractivity contribution in [3.8, 4) is 5.75 Å². The van der Waals surface area contributed by atoms with E-state index in [1.54, 1.807) is 0 Å². The summed E-state index contributed by atoms with van der Waals surface area (Å²) in [7, 11) is -3.57. The van der Waals surface area contributed by atoms with Crippen LogP contribution in [0.2, 0.25) is 0 Å². The molecule has 6 nitrogen and oxygen atoms in total. The summed E-state index contributed by atoms with van der Waals surface area (Å²) in [6, 6.07) is 13.0. The van der Waals surface area contributed by atoms with Crippen LogP contribution in [-0.4, -0.2) is 40.3 Å². The molecule has 0 saturated heterocycles. The Morgan fingerprint density at radius 2 is 1.93 bits per heavy atom. The van der Waals surface area contributed by atoms with Crippen molar-refractivity contribution < 1.29 is 22.3 Å². The lowest BCUT2D eigenvalue weighted by Gasteiger charge is -2.22. The number of rotatable bonds is 10. The van der Waals surface area contributed by atoms with Gasteiger partial charge in [-0.15, -0.1) is 0 Å². The average Bonchev–Trinajstić information content (AvgIpc) is 2.62. The van der Waals surface area contributed by atoms with E-state index >= 15 is 0 Å². The van der Waals surface area contributed by atoms with Gasteiger partial charge in [0.25, 0.3) is 0 Å². The minimum Gasteiger partial charge on any atom is -0.491 e. The van der Waals surface area contributed by atoms with Crippen molar-refractivity contribution in [3.63, 3.8) is 0 Å². The zero-order valence-electron chi connectivity index (χ0n) is 16.0. The first-order chi connectivity index (χ1) is 13.3. The van der Waals surface area contributed by atoms with Crippen LogP contribution in [0.5, 0.6) is 5.75 Å². The first kappa shape index (κ1) is 21.7. The van der Waals surface area contributed by atoms with Gasteiger partial charge in [0.2, 0.25) is 15.9 Å². The molecule has 8 heteroatoms. The third-order valence-corrected chi connectivity index (χ3v) is 5.23. The van der Waals surface area contributed by atoms with Crippen molar-refractivity contribution in [1.29, 1.82) is 0 Å². The number of halogens is 1. The molecule has 0 saturated carbocycles. The fraction of sp³-hybridized carbons (Fsp3) is 0.350. The molecule has 152 valence electrons. The summed E-state index contributed by atoms with van der Waals surface area (Å²) in [6.07, 6.45) is 1.53. The highest BCUT2D eigenvalue weighted by atomic mass is 32.2. The molecule has 0 bridgehead atoms. The molecule has 2 rings (SSSR count). The van der Waals surface area contributed by atoms with E-state index in [-0.39, 0.29) is 24.6 Å². The van der Waals surface area contributed by atoms with Crippen LogP contribution >= 0.6 is 0 Å². The number of nitrogens with one attached hydrogen (secondary N) is 1. The molecule has 0 radical (unpaired) electrons. The van der Waals surface area contributed by atoms with Gasteiger partial charge in [-0.05, 0) is 43.2 Å². The third kappa shape index (κ3) is 6.84. The van der Waals surface area contributed by atoms with E-state index in [4.69, 9.17) is 4.74 Å². The fourth-order valence-corrected chi connectivity index (χ4v) is 3.62. The number of anilines is 1. The molecule has 28 heavy (non-hydrogen) atoms. The van der Waals surface area contributed by atoms with Crippen molar-refractivity contribution in [2.45, 2.75) is 19.8 Å². The minimum atomic E-state index is -3.57. The van der Waals surface area contributed by atoms with Crippen LogP contribution in [-0.2, 0) is 14.8 Å². The molecule has 0 aliphatic heterocycles. The van der Waals surface area contributed by atoms with E-state index in [1.807, 2.05) is 31.2 Å². The molecule has 0 aliphatic rings. The molecule has 0 heterocycles. The molecule has 0 fully saturated rings. The summed E-state index contributed by atoms with van der Waals surface area (Å²) in [6.45, 7) is 2.73. The zero-order valence-corrected chi connectivity index (χ0v) is 16.8. The van der Waals surface area contributed by atoms with E-state index in [0.717, 1.165) is 27.9 Å². The maximum Gasteiger partial charge on any atom is 0.232 e. The number of benzene rings is 2. The number of para-hydroxylation sites is 1. The van der Waals surface area contributed by atoms with Gasteiger partial charge in [0, 0.05) is 13.0 Å². The summed E-state index contributed by atoms with van der Waals surface area (Å²) in [5, 5.41) is 2.74. The lowest BCUT2D eigenvalue weighted by Crippen LogP contribution is -2.33. The SMILES string of the molecule is Cc1ccccc1OCCNC(=O)CCCN(c1cccc(F)c1)S(C)(=O)=O. The van der Waals surface area contributed by atoms with Crippen LogP contribution in [0.3, 0.4) is 0 Å². The quantitative estimate of drug-likeness (QED) is 0.614. The molecule has 0 atom stereocenters. The normalized spacial score (nSPS) is 11.1. The predicted octanol–water partition coefficient (Wildman–Crippen LogP) is 2.88. The Hall–Kier alpha value is -2.61. The Morgan fingerprint density at radius 1 is 1.18 bits per heavy atom. The Kier molecular flexibility index (Phi) is 7.80. The summed E-state index contributed by atoms with van der Waals surface area (Å²) < 4.78 is 44.1. The van der Waals surface area contributed by atoms with Crippen LogP contribution in [0.15, 0.2) is 48.5 Å². The standard InChI is InChI=1S/C20H25FN2O4S/c1-16-7-3-4-10-19(16)27-14-12-22-20(24)11-6-13-23(28(2,25)26)18-9-5-8-17(21)15-18/h3-5,7-10,15H,6,11-14H2,1-2H3,(H,22,24). The molecular formula is C20H25FN2O4S. The lowest BCUT2D eigenvalue weighted by atomic mass is 10.2. The molecule has 2 aromatic carbocycles. The van der Waals surface area contributed by atoms with Crippen LogP contribution in [0.25, 0.3) is 0 Å². The molecule has 0 aliphatic carbocycles. The second kappa shape index (κ2) is 10.1. The molecule has 0 unspecified atom stereocenters. The Morgan fingerprint density at radius 3 is 2.61 bits per heavy atom. The van der Waals surface area contributed by atoms with E-state index in [1.165, 1.54) is 18.2 Å². The molecule has 0 spiro atoms. The molecule has 1 amide bonds. The average molecular weight is 408 g/mol. The highest BCUT2D eigenvalue weighted by molar-refractivity contribution is 7.92. The van der Waals surface area contributed by atoms with Gasteiger partial charge in [0.15, 0.2) is 0 Å². The number of hydrogen-bond donors (Lipinski definition) is 1. The maximum atomic E-state index is 13.4. The second-order valence-corrected chi connectivity index (χ2v) is 8.29. The van der Waals surface area contributed by atoms with Crippen LogP contribution in [0.1, 0.15) is 18.4 Å². The monoisotopic (exact) mass is 408 g/mol. The predicted molar refractivity (Wildman–Crippen MR) is 108 cm³/mol. The van der Waals surface area contributed by atoms with Gasteiger partial charge >= 0.3 is 0 Å². The van der Waals surface area contributed by atoms with Gasteiger partial charge in [-0.25, -0.2) is 12.8 Å². The number of ether oxygens (including phenoxy) is 1. The second-order valence-electron chi connectivity index (χ2n) is 6.38. The van der Waals surface area contributed by atoms with Crippen molar-refractivity contribution >= 4 is 21.6 Å². The van der Waals surface area contributed by atoms with E-state index in [2.05, 4.69) is 5.32 Å². The van der Waals surface area contributed by atoms with Crippen LogP contribution < -0.4 is 14.4 Å². The number of nitrogens with zero attached hydrogens (tertiary/aromatic N) is 1. The van der Waals surface area contributed by atoms with Gasteiger partial charge in [-0.3, -0.25) is 9.10 Å². The zero-order chi connectivity index (χ0) is 20.6. The number of carbonyl (C=O) groups excluding carboxylic acids is 1. The Bertz CT molecular complexity index is 903. The highest BCUT2D eigenvalue weighted by Crippen LogP contribution is 2.19. The number of amides is 1. The Balaban J connectivity index is 1.76. The van der Waals surface area contributed by atoms with Crippen molar-refractivity contribution in [1.82, 2.24) is 5.32 Å². The summed E-state index contributed by atoms with van der Waals surface area (Å²) in [5.41, 5.74) is 1.27. The first-order valence-corrected chi connectivity index (χ1v) is 10.8. The summed E-state index contributed by atoms with van der Waals surface area (Å²) in [4.78, 5) is 11.9. The van der Waals surface area contributed by atoms with E-state index < -0.39 is 15.8 Å². The molecular weight excluding hydrogens is 383 g/mol. The number of carbonyl (C=O) groups is 1. The van der Waals surface area contributed by atoms with Crippen molar-refractivity contribution in [3.05, 3.63) is 59.9 Å². The number of sulfonamides is 1. The van der Waals surface area contributed by atoms with Gasteiger partial charge in [-0.1, -0.05) is 24.3 Å². The van der Waals surface area contributed by atoms with Crippen LogP contribution in [0, 0.1) is 12.7 Å². The van der Waals surface area contributed by atoms with Gasteiger partial charge < -0.3 is 10.1 Å². The van der Waals surface area contributed by atoms with Crippen LogP contribution in [0.4, 0.5) is 10.1 Å².